The van der Waals surface area contributed by atoms with Crippen LogP contribution in [0.2, 0.25) is 5.02 Å². The van der Waals surface area contributed by atoms with Crippen molar-refractivity contribution in [1.82, 2.24) is 19.5 Å². The van der Waals surface area contributed by atoms with Crippen LogP contribution in [0.25, 0.3) is 16.9 Å². The summed E-state index contributed by atoms with van der Waals surface area (Å²) in [6.45, 7) is 1.95. The van der Waals surface area contributed by atoms with Crippen molar-refractivity contribution >= 4 is 34.1 Å². The molecule has 0 atom stereocenters. The number of hydrogen-bond acceptors (Lipinski definition) is 5. The van der Waals surface area contributed by atoms with E-state index in [4.69, 9.17) is 16.3 Å². The number of nitrogens with one attached hydrogen (secondary N) is 1. The molecule has 0 spiro atoms. The van der Waals surface area contributed by atoms with Gasteiger partial charge in [-0.2, -0.15) is 0 Å². The summed E-state index contributed by atoms with van der Waals surface area (Å²) >= 11 is 6.18. The van der Waals surface area contributed by atoms with E-state index in [2.05, 4.69) is 20.3 Å². The number of aromatic nitrogens is 4. The maximum Gasteiger partial charge on any atom is 0.159 e. The van der Waals surface area contributed by atoms with Gasteiger partial charge in [0, 0.05) is 5.69 Å². The molecule has 2 aromatic heterocycles. The first kappa shape index (κ1) is 16.4. The Labute approximate surface area is 155 Å². The molecular formula is C19H16ClN5O. The van der Waals surface area contributed by atoms with Gasteiger partial charge in [-0.15, -0.1) is 0 Å². The minimum absolute atomic E-state index is 0.526. The van der Waals surface area contributed by atoms with E-state index in [1.54, 1.807) is 31.6 Å². The number of fused-ring (bicyclic) bond motifs is 1. The molecule has 0 aliphatic rings. The average Bonchev–Trinajstić information content (AvgIpc) is 2.98. The smallest absolute Gasteiger partial charge is 0.159 e. The van der Waals surface area contributed by atoms with E-state index in [9.17, 15) is 0 Å². The fourth-order valence-electron chi connectivity index (χ4n) is 2.85. The Balaban J connectivity index is 1.71. The van der Waals surface area contributed by atoms with E-state index in [1.165, 1.54) is 0 Å². The molecule has 0 saturated heterocycles. The van der Waals surface area contributed by atoms with Gasteiger partial charge in [-0.3, -0.25) is 9.55 Å². The van der Waals surface area contributed by atoms with Crippen molar-refractivity contribution in [2.24, 2.45) is 0 Å². The number of imidazole rings is 1. The first-order valence-electron chi connectivity index (χ1n) is 8.03. The third kappa shape index (κ3) is 2.95. The molecule has 0 unspecified atom stereocenters. The van der Waals surface area contributed by atoms with Gasteiger partial charge < -0.3 is 10.1 Å². The molecule has 130 valence electrons. The van der Waals surface area contributed by atoms with Crippen LogP contribution < -0.4 is 10.1 Å². The lowest BCUT2D eigenvalue weighted by Crippen LogP contribution is -2.03. The van der Waals surface area contributed by atoms with E-state index in [1.807, 2.05) is 41.8 Å². The predicted octanol–water partition coefficient (Wildman–Crippen LogP) is 4.53. The third-order valence-corrected chi connectivity index (χ3v) is 4.30. The van der Waals surface area contributed by atoms with Crippen molar-refractivity contribution in [2.45, 2.75) is 6.92 Å². The molecule has 0 aliphatic heterocycles. The van der Waals surface area contributed by atoms with Crippen molar-refractivity contribution < 1.29 is 4.74 Å². The summed E-state index contributed by atoms with van der Waals surface area (Å²) in [7, 11) is 1.58. The number of hydrogen-bond donors (Lipinski definition) is 1. The number of para-hydroxylation sites is 2. The van der Waals surface area contributed by atoms with Gasteiger partial charge in [-0.1, -0.05) is 23.7 Å². The normalized spacial score (nSPS) is 10.9. The van der Waals surface area contributed by atoms with Crippen LogP contribution in [0.5, 0.6) is 5.75 Å². The minimum atomic E-state index is 0.526. The standard InChI is InChI=1S/C19H16ClN5O/c1-12-22-15-5-3-4-6-16(15)25(12)19-11-21-10-18(24-19)23-13-7-8-17(26-2)14(20)9-13/h3-11H,1-2H3,(H,23,24). The highest BCUT2D eigenvalue weighted by Crippen LogP contribution is 2.28. The van der Waals surface area contributed by atoms with Crippen molar-refractivity contribution in [3.63, 3.8) is 0 Å². The van der Waals surface area contributed by atoms with Gasteiger partial charge in [0.05, 0.1) is 35.6 Å². The Morgan fingerprint density at radius 2 is 1.92 bits per heavy atom. The zero-order valence-corrected chi connectivity index (χ0v) is 15.0. The molecule has 1 N–H and O–H groups in total. The highest BCUT2D eigenvalue weighted by Gasteiger charge is 2.11. The quantitative estimate of drug-likeness (QED) is 0.575. The molecule has 4 rings (SSSR count). The van der Waals surface area contributed by atoms with Crippen molar-refractivity contribution in [3.05, 3.63) is 65.7 Å². The molecule has 4 aromatic rings. The second kappa shape index (κ2) is 6.65. The van der Waals surface area contributed by atoms with Gasteiger partial charge in [-0.25, -0.2) is 9.97 Å². The SMILES string of the molecule is COc1ccc(Nc2cncc(-n3c(C)nc4ccccc43)n2)cc1Cl. The van der Waals surface area contributed by atoms with Crippen LogP contribution in [-0.4, -0.2) is 26.6 Å². The molecule has 2 heterocycles. The second-order valence-corrected chi connectivity index (χ2v) is 6.13. The van der Waals surface area contributed by atoms with Gasteiger partial charge >= 0.3 is 0 Å². The molecular weight excluding hydrogens is 350 g/mol. The zero-order chi connectivity index (χ0) is 18.1. The molecule has 0 bridgehead atoms. The highest BCUT2D eigenvalue weighted by atomic mass is 35.5. The van der Waals surface area contributed by atoms with Gasteiger partial charge in [0.1, 0.15) is 11.6 Å². The van der Waals surface area contributed by atoms with Crippen LogP contribution in [0.3, 0.4) is 0 Å². The highest BCUT2D eigenvalue weighted by molar-refractivity contribution is 6.32. The summed E-state index contributed by atoms with van der Waals surface area (Å²) in [6.07, 6.45) is 3.38. The van der Waals surface area contributed by atoms with E-state index < -0.39 is 0 Å². The summed E-state index contributed by atoms with van der Waals surface area (Å²) in [5, 5.41) is 3.74. The fourth-order valence-corrected chi connectivity index (χ4v) is 3.11. The number of halogens is 1. The molecule has 26 heavy (non-hydrogen) atoms. The lowest BCUT2D eigenvalue weighted by Gasteiger charge is -2.10. The number of rotatable bonds is 4. The number of aryl methyl sites for hydroxylation is 1. The average molecular weight is 366 g/mol. The summed E-state index contributed by atoms with van der Waals surface area (Å²) in [4.78, 5) is 13.6. The first-order valence-corrected chi connectivity index (χ1v) is 8.40. The summed E-state index contributed by atoms with van der Waals surface area (Å²) in [5.41, 5.74) is 2.71. The molecule has 0 amide bonds. The van der Waals surface area contributed by atoms with E-state index >= 15 is 0 Å². The Morgan fingerprint density at radius 3 is 2.73 bits per heavy atom. The Hall–Kier alpha value is -3.12. The Morgan fingerprint density at radius 1 is 1.08 bits per heavy atom. The van der Waals surface area contributed by atoms with E-state index in [0.717, 1.165) is 22.5 Å². The van der Waals surface area contributed by atoms with Crippen molar-refractivity contribution in [3.8, 4) is 11.6 Å². The van der Waals surface area contributed by atoms with Crippen LogP contribution in [0.4, 0.5) is 11.5 Å². The van der Waals surface area contributed by atoms with Gasteiger partial charge in [0.15, 0.2) is 11.6 Å². The number of ether oxygens (including phenoxy) is 1. The van der Waals surface area contributed by atoms with E-state index in [-0.39, 0.29) is 0 Å². The number of benzene rings is 2. The van der Waals surface area contributed by atoms with Crippen LogP contribution in [0, 0.1) is 6.92 Å². The van der Waals surface area contributed by atoms with Crippen molar-refractivity contribution in [2.75, 3.05) is 12.4 Å². The monoisotopic (exact) mass is 365 g/mol. The van der Waals surface area contributed by atoms with Gasteiger partial charge in [0.25, 0.3) is 0 Å². The van der Waals surface area contributed by atoms with Crippen LogP contribution in [0.1, 0.15) is 5.82 Å². The fraction of sp³-hybridized carbons (Fsp3) is 0.105. The Bertz CT molecular complexity index is 1090. The molecule has 0 fully saturated rings. The predicted molar refractivity (Wildman–Crippen MR) is 103 cm³/mol. The number of methoxy groups -OCH3 is 1. The second-order valence-electron chi connectivity index (χ2n) is 5.72. The zero-order valence-electron chi connectivity index (χ0n) is 14.3. The lowest BCUT2D eigenvalue weighted by atomic mass is 10.3. The maximum atomic E-state index is 6.18. The lowest BCUT2D eigenvalue weighted by molar-refractivity contribution is 0.415. The number of nitrogens with zero attached hydrogens (tertiary/aromatic N) is 4. The first-order chi connectivity index (χ1) is 12.7. The van der Waals surface area contributed by atoms with Crippen LogP contribution >= 0.6 is 11.6 Å². The molecule has 0 aliphatic carbocycles. The summed E-state index contributed by atoms with van der Waals surface area (Å²) in [6, 6.07) is 13.4. The molecule has 0 saturated carbocycles. The summed E-state index contributed by atoms with van der Waals surface area (Å²) in [5.74, 6) is 2.78. The van der Waals surface area contributed by atoms with Crippen molar-refractivity contribution in [1.29, 1.82) is 0 Å². The topological polar surface area (TPSA) is 64.9 Å². The van der Waals surface area contributed by atoms with Crippen LogP contribution in [-0.2, 0) is 0 Å². The Kier molecular flexibility index (Phi) is 4.18. The number of anilines is 2. The maximum absolute atomic E-state index is 6.18. The molecule has 6 nitrogen and oxygen atoms in total. The van der Waals surface area contributed by atoms with E-state index in [0.29, 0.717) is 22.4 Å². The largest absolute Gasteiger partial charge is 0.495 e. The third-order valence-electron chi connectivity index (χ3n) is 4.00. The molecule has 7 heteroatoms. The van der Waals surface area contributed by atoms with Gasteiger partial charge in [-0.05, 0) is 37.3 Å². The summed E-state index contributed by atoms with van der Waals surface area (Å²) < 4.78 is 7.16. The molecule has 2 aromatic carbocycles. The van der Waals surface area contributed by atoms with Gasteiger partial charge in [0.2, 0.25) is 0 Å². The van der Waals surface area contributed by atoms with Crippen LogP contribution in [0.15, 0.2) is 54.9 Å². The molecule has 0 radical (unpaired) electrons. The minimum Gasteiger partial charge on any atom is -0.495 e.